The van der Waals surface area contributed by atoms with E-state index in [2.05, 4.69) is 15.0 Å². The second kappa shape index (κ2) is 6.86. The van der Waals surface area contributed by atoms with Crippen LogP contribution in [-0.2, 0) is 0 Å². The molecule has 0 saturated heterocycles. The average Bonchev–Trinajstić information content (AvgIpc) is 3.59. The minimum atomic E-state index is -0.672. The van der Waals surface area contributed by atoms with E-state index >= 15 is 0 Å². The largest absolute Gasteiger partial charge is 0.388 e. The number of hydrogen-bond acceptors (Lipinski definition) is 6. The lowest BCUT2D eigenvalue weighted by molar-refractivity contribution is 0.204. The molecule has 1 unspecified atom stereocenters. The first kappa shape index (κ1) is 17.6. The molecule has 144 valence electrons. The van der Waals surface area contributed by atoms with Gasteiger partial charge in [-0.25, -0.2) is 14.8 Å². The highest BCUT2D eigenvalue weighted by atomic mass is 32.2. The number of aromatic nitrogens is 4. The number of hydrogen-bond donors (Lipinski definition) is 2. The Morgan fingerprint density at radius 2 is 1.89 bits per heavy atom. The molecule has 0 spiro atoms. The van der Waals surface area contributed by atoms with Crippen molar-refractivity contribution in [3.05, 3.63) is 62.6 Å². The third-order valence-electron chi connectivity index (χ3n) is 5.19. The molecular weight excluding hydrogens is 376 g/mol. The topological polar surface area (TPSA) is 101 Å². The summed E-state index contributed by atoms with van der Waals surface area (Å²) >= 11 is 1.34. The van der Waals surface area contributed by atoms with E-state index in [1.807, 2.05) is 30.3 Å². The summed E-state index contributed by atoms with van der Waals surface area (Å²) < 4.78 is 1.61. The van der Waals surface area contributed by atoms with Crippen LogP contribution in [0.3, 0.4) is 0 Å². The van der Waals surface area contributed by atoms with Crippen molar-refractivity contribution in [2.75, 3.05) is 5.75 Å². The van der Waals surface area contributed by atoms with Crippen LogP contribution < -0.4 is 11.2 Å². The highest BCUT2D eigenvalue weighted by Gasteiger charge is 2.32. The molecule has 7 nitrogen and oxygen atoms in total. The first-order valence-corrected chi connectivity index (χ1v) is 10.5. The molecule has 0 bridgehead atoms. The predicted octanol–water partition coefficient (Wildman–Crippen LogP) is 2.52. The standard InChI is InChI=1S/C20H20N4O3S/c25-14(11-4-2-1-3-5-11)10-28-19-15-17(21-16(22-19)12-6-7-12)24(13-8-9-13)20(27)23-18(15)26/h1-5,12-14,25H,6-10H2,(H,23,26,27). The molecule has 1 atom stereocenters. The molecule has 0 amide bonds. The lowest BCUT2D eigenvalue weighted by Crippen LogP contribution is -2.31. The van der Waals surface area contributed by atoms with Gasteiger partial charge in [-0.15, -0.1) is 11.8 Å². The van der Waals surface area contributed by atoms with Gasteiger partial charge in [0.25, 0.3) is 5.56 Å². The zero-order chi connectivity index (χ0) is 19.3. The molecule has 2 aromatic heterocycles. The van der Waals surface area contributed by atoms with Gasteiger partial charge in [0.15, 0.2) is 5.65 Å². The number of thioether (sulfide) groups is 1. The number of nitrogens with one attached hydrogen (secondary N) is 1. The Hall–Kier alpha value is -2.45. The molecule has 2 N–H and O–H groups in total. The second-order valence-electron chi connectivity index (χ2n) is 7.46. The van der Waals surface area contributed by atoms with Gasteiger partial charge in [0.2, 0.25) is 0 Å². The zero-order valence-corrected chi connectivity index (χ0v) is 16.0. The summed E-state index contributed by atoms with van der Waals surface area (Å²) in [7, 11) is 0. The van der Waals surface area contributed by atoms with Crippen molar-refractivity contribution in [3.8, 4) is 0 Å². The fraction of sp³-hybridized carbons (Fsp3) is 0.400. The Labute approximate surface area is 164 Å². The van der Waals surface area contributed by atoms with Gasteiger partial charge in [-0.3, -0.25) is 14.3 Å². The molecule has 1 aromatic carbocycles. The minimum Gasteiger partial charge on any atom is -0.388 e. The van der Waals surface area contributed by atoms with Crippen LogP contribution in [0.1, 0.15) is 55.1 Å². The summed E-state index contributed by atoms with van der Waals surface area (Å²) in [6, 6.07) is 9.51. The van der Waals surface area contributed by atoms with Gasteiger partial charge in [0.05, 0.1) is 6.10 Å². The Balaban J connectivity index is 1.58. The number of aliphatic hydroxyl groups is 1. The van der Waals surface area contributed by atoms with Crippen molar-refractivity contribution in [2.24, 2.45) is 0 Å². The van der Waals surface area contributed by atoms with Gasteiger partial charge in [0.1, 0.15) is 16.2 Å². The zero-order valence-electron chi connectivity index (χ0n) is 15.2. The van der Waals surface area contributed by atoms with Crippen LogP contribution in [0, 0.1) is 0 Å². The number of aliphatic hydroxyl groups excluding tert-OH is 1. The fourth-order valence-corrected chi connectivity index (χ4v) is 4.36. The monoisotopic (exact) mass is 396 g/mol. The summed E-state index contributed by atoms with van der Waals surface area (Å²) in [6.07, 6.45) is 3.21. The lowest BCUT2D eigenvalue weighted by atomic mass is 10.1. The van der Waals surface area contributed by atoms with Gasteiger partial charge >= 0.3 is 5.69 Å². The molecule has 3 aromatic rings. The maximum atomic E-state index is 12.6. The van der Waals surface area contributed by atoms with E-state index in [1.54, 1.807) is 4.57 Å². The Morgan fingerprint density at radius 1 is 1.14 bits per heavy atom. The van der Waals surface area contributed by atoms with Gasteiger partial charge < -0.3 is 5.11 Å². The minimum absolute atomic E-state index is 0.0987. The number of rotatable bonds is 6. The van der Waals surface area contributed by atoms with E-state index in [4.69, 9.17) is 0 Å². The Kier molecular flexibility index (Phi) is 4.32. The average molecular weight is 396 g/mol. The first-order valence-electron chi connectivity index (χ1n) is 9.54. The quantitative estimate of drug-likeness (QED) is 0.490. The van der Waals surface area contributed by atoms with Gasteiger partial charge in [-0.2, -0.15) is 0 Å². The van der Waals surface area contributed by atoms with Gasteiger partial charge in [-0.05, 0) is 31.2 Å². The van der Waals surface area contributed by atoms with Gasteiger partial charge in [0, 0.05) is 17.7 Å². The second-order valence-corrected chi connectivity index (χ2v) is 8.47. The number of nitrogens with zero attached hydrogens (tertiary/aromatic N) is 3. The van der Waals surface area contributed by atoms with E-state index in [1.165, 1.54) is 11.8 Å². The molecule has 2 fully saturated rings. The molecule has 5 rings (SSSR count). The molecule has 2 aliphatic rings. The summed E-state index contributed by atoms with van der Waals surface area (Å²) in [5.41, 5.74) is 0.390. The first-order chi connectivity index (χ1) is 13.6. The van der Waals surface area contributed by atoms with Crippen molar-refractivity contribution in [2.45, 2.75) is 48.8 Å². The molecule has 2 aliphatic carbocycles. The van der Waals surface area contributed by atoms with Gasteiger partial charge in [-0.1, -0.05) is 30.3 Å². The lowest BCUT2D eigenvalue weighted by Gasteiger charge is -2.14. The Bertz CT molecular complexity index is 1150. The van der Waals surface area contributed by atoms with Crippen LogP contribution >= 0.6 is 11.8 Å². The van der Waals surface area contributed by atoms with Crippen LogP contribution in [0.25, 0.3) is 11.0 Å². The van der Waals surface area contributed by atoms with E-state index in [9.17, 15) is 14.7 Å². The van der Waals surface area contributed by atoms with Crippen molar-refractivity contribution in [3.63, 3.8) is 0 Å². The molecular formula is C20H20N4O3S. The fourth-order valence-electron chi connectivity index (χ4n) is 3.36. The molecule has 2 heterocycles. The maximum absolute atomic E-state index is 12.6. The summed E-state index contributed by atoms with van der Waals surface area (Å²) in [5, 5.41) is 11.4. The highest BCUT2D eigenvalue weighted by Crippen LogP contribution is 2.41. The summed E-state index contributed by atoms with van der Waals surface area (Å²) in [5.74, 6) is 1.36. The van der Waals surface area contributed by atoms with Crippen molar-refractivity contribution < 1.29 is 5.11 Å². The van der Waals surface area contributed by atoms with Crippen molar-refractivity contribution in [1.29, 1.82) is 0 Å². The van der Waals surface area contributed by atoms with Crippen LogP contribution in [0.5, 0.6) is 0 Å². The molecule has 8 heteroatoms. The molecule has 0 radical (unpaired) electrons. The van der Waals surface area contributed by atoms with E-state index in [-0.39, 0.29) is 6.04 Å². The molecule has 2 saturated carbocycles. The third-order valence-corrected chi connectivity index (χ3v) is 6.24. The summed E-state index contributed by atoms with van der Waals surface area (Å²) in [6.45, 7) is 0. The van der Waals surface area contributed by atoms with Crippen LogP contribution in [0.15, 0.2) is 44.9 Å². The van der Waals surface area contributed by atoms with Crippen LogP contribution in [-0.4, -0.2) is 30.4 Å². The normalized spacial score (nSPS) is 17.8. The predicted molar refractivity (Wildman–Crippen MR) is 107 cm³/mol. The number of H-pyrrole nitrogens is 1. The third kappa shape index (κ3) is 3.27. The van der Waals surface area contributed by atoms with E-state index in [0.717, 1.165) is 31.2 Å². The van der Waals surface area contributed by atoms with Crippen LogP contribution in [0.4, 0.5) is 0 Å². The summed E-state index contributed by atoms with van der Waals surface area (Å²) in [4.78, 5) is 36.7. The van der Waals surface area contributed by atoms with Crippen molar-refractivity contribution >= 4 is 22.8 Å². The number of fused-ring (bicyclic) bond motifs is 1. The number of benzene rings is 1. The van der Waals surface area contributed by atoms with Crippen LogP contribution in [0.2, 0.25) is 0 Å². The Morgan fingerprint density at radius 3 is 2.57 bits per heavy atom. The number of aromatic amines is 1. The smallest absolute Gasteiger partial charge is 0.330 e. The SMILES string of the molecule is O=c1[nH]c(=O)n(C2CC2)c2nc(C3CC3)nc(SCC(O)c3ccccc3)c12. The van der Waals surface area contributed by atoms with E-state index < -0.39 is 17.4 Å². The van der Waals surface area contributed by atoms with Crippen molar-refractivity contribution in [1.82, 2.24) is 19.5 Å². The highest BCUT2D eigenvalue weighted by molar-refractivity contribution is 7.99. The molecule has 0 aliphatic heterocycles. The maximum Gasteiger partial charge on any atom is 0.330 e. The van der Waals surface area contributed by atoms with E-state index in [0.29, 0.717) is 33.6 Å². The molecule has 28 heavy (non-hydrogen) atoms.